The van der Waals surface area contributed by atoms with Crippen molar-refractivity contribution in [1.82, 2.24) is 19.2 Å². The molecule has 2 heterocycles. The van der Waals surface area contributed by atoms with E-state index in [1.54, 1.807) is 41.1 Å². The molecule has 1 aromatic carbocycles. The van der Waals surface area contributed by atoms with Crippen LogP contribution in [0.15, 0.2) is 41.5 Å². The molecule has 0 saturated carbocycles. The van der Waals surface area contributed by atoms with Gasteiger partial charge < -0.3 is 0 Å². The molecule has 5 nitrogen and oxygen atoms in total. The summed E-state index contributed by atoms with van der Waals surface area (Å²) in [7, 11) is 0. The van der Waals surface area contributed by atoms with Gasteiger partial charge in [0.15, 0.2) is 0 Å². The number of nitrogens with zero attached hydrogens (tertiary/aromatic N) is 4. The van der Waals surface area contributed by atoms with Crippen LogP contribution in [0.3, 0.4) is 0 Å². The average molecular weight is 261 g/mol. The van der Waals surface area contributed by atoms with E-state index in [9.17, 15) is 4.79 Å². The highest BCUT2D eigenvalue weighted by atomic mass is 35.5. The van der Waals surface area contributed by atoms with Crippen LogP contribution in [0.1, 0.15) is 5.69 Å². The lowest BCUT2D eigenvalue weighted by molar-refractivity contribution is 0.916. The van der Waals surface area contributed by atoms with Crippen molar-refractivity contribution in [2.75, 3.05) is 0 Å². The summed E-state index contributed by atoms with van der Waals surface area (Å²) in [5, 5.41) is 8.44. The maximum Gasteiger partial charge on any atom is 0.259 e. The van der Waals surface area contributed by atoms with Crippen molar-refractivity contribution in [3.63, 3.8) is 0 Å². The highest BCUT2D eigenvalue weighted by Gasteiger charge is 2.09. The fraction of sp³-hybridized carbons (Fsp3) is 0.0833. The van der Waals surface area contributed by atoms with Gasteiger partial charge in [0.25, 0.3) is 5.56 Å². The number of aromatic nitrogens is 4. The Kier molecular flexibility index (Phi) is 2.41. The molecule has 0 bridgehead atoms. The summed E-state index contributed by atoms with van der Waals surface area (Å²) in [4.78, 5) is 12.1. The average Bonchev–Trinajstić information content (AvgIpc) is 2.81. The molecule has 0 N–H and O–H groups in total. The van der Waals surface area contributed by atoms with Crippen LogP contribution in [0.2, 0.25) is 5.02 Å². The zero-order valence-electron chi connectivity index (χ0n) is 9.54. The van der Waals surface area contributed by atoms with Crippen molar-refractivity contribution in [2.45, 2.75) is 6.92 Å². The lowest BCUT2D eigenvalue weighted by atomic mass is 10.3. The summed E-state index contributed by atoms with van der Waals surface area (Å²) >= 11 is 5.84. The molecule has 3 rings (SSSR count). The smallest absolute Gasteiger partial charge is 0.259 e. The summed E-state index contributed by atoms with van der Waals surface area (Å²) < 4.78 is 3.26. The summed E-state index contributed by atoms with van der Waals surface area (Å²) in [6.45, 7) is 1.84. The van der Waals surface area contributed by atoms with Crippen LogP contribution in [-0.2, 0) is 0 Å². The van der Waals surface area contributed by atoms with E-state index in [-0.39, 0.29) is 5.56 Å². The molecule has 0 atom stereocenters. The molecule has 6 heteroatoms. The fourth-order valence-electron chi connectivity index (χ4n) is 1.87. The standard InChI is InChI=1S/C12H9ClN4O/c1-8-6-11(18)17(12-15-14-7-16(8)12)10-4-2-9(13)3-5-10/h2-7H,1H3. The molecule has 0 fully saturated rings. The van der Waals surface area contributed by atoms with Crippen LogP contribution in [-0.4, -0.2) is 19.2 Å². The maximum absolute atomic E-state index is 12.1. The maximum atomic E-state index is 12.1. The van der Waals surface area contributed by atoms with Gasteiger partial charge in [-0.1, -0.05) is 11.6 Å². The minimum absolute atomic E-state index is 0.143. The van der Waals surface area contributed by atoms with Crippen molar-refractivity contribution in [3.05, 3.63) is 57.7 Å². The molecule has 0 aliphatic heterocycles. The monoisotopic (exact) mass is 260 g/mol. The summed E-state index contributed by atoms with van der Waals surface area (Å²) in [5.41, 5.74) is 1.36. The Morgan fingerprint density at radius 2 is 1.94 bits per heavy atom. The van der Waals surface area contributed by atoms with E-state index in [4.69, 9.17) is 11.6 Å². The molecule has 2 aromatic heterocycles. The third-order valence-electron chi connectivity index (χ3n) is 2.75. The molecule has 0 saturated heterocycles. The first-order valence-corrected chi connectivity index (χ1v) is 5.73. The van der Waals surface area contributed by atoms with E-state index < -0.39 is 0 Å². The zero-order chi connectivity index (χ0) is 12.7. The summed E-state index contributed by atoms with van der Waals surface area (Å²) in [6, 6.07) is 8.55. The molecular weight excluding hydrogens is 252 g/mol. The molecule has 0 unspecified atom stereocenters. The largest absolute Gasteiger partial charge is 0.271 e. The number of hydrogen-bond donors (Lipinski definition) is 0. The van der Waals surface area contributed by atoms with Gasteiger partial charge in [-0.05, 0) is 31.2 Å². The molecule has 0 radical (unpaired) electrons. The van der Waals surface area contributed by atoms with Crippen LogP contribution >= 0.6 is 11.6 Å². The lowest BCUT2D eigenvalue weighted by Gasteiger charge is -2.08. The number of aryl methyl sites for hydroxylation is 1. The van der Waals surface area contributed by atoms with E-state index in [1.807, 2.05) is 6.92 Å². The van der Waals surface area contributed by atoms with Crippen molar-refractivity contribution in [3.8, 4) is 5.69 Å². The van der Waals surface area contributed by atoms with Gasteiger partial charge >= 0.3 is 0 Å². The summed E-state index contributed by atoms with van der Waals surface area (Å²) in [6.07, 6.45) is 1.58. The van der Waals surface area contributed by atoms with Gasteiger partial charge in [-0.3, -0.25) is 9.20 Å². The van der Waals surface area contributed by atoms with Crippen LogP contribution < -0.4 is 5.56 Å². The molecule has 0 amide bonds. The Hall–Kier alpha value is -2.14. The van der Waals surface area contributed by atoms with Gasteiger partial charge in [0.2, 0.25) is 5.78 Å². The van der Waals surface area contributed by atoms with Gasteiger partial charge in [0, 0.05) is 16.8 Å². The normalized spacial score (nSPS) is 11.0. The second kappa shape index (κ2) is 3.96. The molecule has 3 aromatic rings. The minimum Gasteiger partial charge on any atom is -0.271 e. The third-order valence-corrected chi connectivity index (χ3v) is 3.00. The second-order valence-corrected chi connectivity index (χ2v) is 4.37. The first kappa shape index (κ1) is 11.0. The van der Waals surface area contributed by atoms with Crippen LogP contribution in [0.25, 0.3) is 11.5 Å². The molecule has 0 aliphatic carbocycles. The third kappa shape index (κ3) is 1.60. The van der Waals surface area contributed by atoms with E-state index in [0.717, 1.165) is 5.69 Å². The molecule has 90 valence electrons. The minimum atomic E-state index is -0.143. The Labute approximate surface area is 107 Å². The number of hydrogen-bond acceptors (Lipinski definition) is 3. The SMILES string of the molecule is Cc1cc(=O)n(-c2ccc(Cl)cc2)c2nncn12. The predicted molar refractivity (Wildman–Crippen MR) is 68.3 cm³/mol. The summed E-state index contributed by atoms with van der Waals surface area (Å²) in [5.74, 6) is 0.488. The molecule has 0 aliphatic rings. The van der Waals surface area contributed by atoms with Crippen LogP contribution in [0.5, 0.6) is 0 Å². The van der Waals surface area contributed by atoms with Gasteiger partial charge in [-0.15, -0.1) is 10.2 Å². The number of halogens is 1. The Morgan fingerprint density at radius 3 is 2.67 bits per heavy atom. The number of rotatable bonds is 1. The van der Waals surface area contributed by atoms with Crippen molar-refractivity contribution >= 4 is 17.4 Å². The highest BCUT2D eigenvalue weighted by Crippen LogP contribution is 2.14. The topological polar surface area (TPSA) is 52.2 Å². The van der Waals surface area contributed by atoms with Gasteiger partial charge in [0.1, 0.15) is 6.33 Å². The van der Waals surface area contributed by atoms with E-state index >= 15 is 0 Å². The Morgan fingerprint density at radius 1 is 1.22 bits per heavy atom. The molecule has 0 spiro atoms. The van der Waals surface area contributed by atoms with Gasteiger partial charge in [-0.25, -0.2) is 4.57 Å². The van der Waals surface area contributed by atoms with E-state index in [0.29, 0.717) is 16.5 Å². The van der Waals surface area contributed by atoms with Gasteiger partial charge in [-0.2, -0.15) is 0 Å². The van der Waals surface area contributed by atoms with E-state index in [1.165, 1.54) is 4.57 Å². The zero-order valence-corrected chi connectivity index (χ0v) is 10.3. The van der Waals surface area contributed by atoms with Crippen molar-refractivity contribution < 1.29 is 0 Å². The van der Waals surface area contributed by atoms with Gasteiger partial charge in [0.05, 0.1) is 5.69 Å². The quantitative estimate of drug-likeness (QED) is 0.671. The van der Waals surface area contributed by atoms with Crippen molar-refractivity contribution in [2.24, 2.45) is 0 Å². The number of fused-ring (bicyclic) bond motifs is 1. The predicted octanol–water partition coefficient (Wildman–Crippen LogP) is 1.84. The Bertz CT molecular complexity index is 773. The number of benzene rings is 1. The van der Waals surface area contributed by atoms with Crippen LogP contribution in [0, 0.1) is 6.92 Å². The van der Waals surface area contributed by atoms with E-state index in [2.05, 4.69) is 10.2 Å². The lowest BCUT2D eigenvalue weighted by Crippen LogP contribution is -2.21. The second-order valence-electron chi connectivity index (χ2n) is 3.94. The van der Waals surface area contributed by atoms with Crippen LogP contribution in [0.4, 0.5) is 0 Å². The first-order chi connectivity index (χ1) is 8.66. The van der Waals surface area contributed by atoms with Crippen molar-refractivity contribution in [1.29, 1.82) is 0 Å². The fourth-order valence-corrected chi connectivity index (χ4v) is 2.00. The highest BCUT2D eigenvalue weighted by molar-refractivity contribution is 6.30. The molecular formula is C12H9ClN4O. The molecule has 18 heavy (non-hydrogen) atoms. The first-order valence-electron chi connectivity index (χ1n) is 5.35. The Balaban J connectivity index is 2.38.